The zero-order valence-electron chi connectivity index (χ0n) is 22.4. The second kappa shape index (κ2) is 10.4. The fourth-order valence-electron chi connectivity index (χ4n) is 4.42. The number of benzene rings is 2. The number of methoxy groups -OCH3 is 1. The number of nitrogens with zero attached hydrogens (tertiary/aromatic N) is 5. The summed E-state index contributed by atoms with van der Waals surface area (Å²) < 4.78 is 47.4. The topological polar surface area (TPSA) is 104 Å². The second-order valence-electron chi connectivity index (χ2n) is 10.1. The van der Waals surface area contributed by atoms with Gasteiger partial charge in [-0.1, -0.05) is 18.1 Å². The maximum Gasteiger partial charge on any atom is 0.416 e. The van der Waals surface area contributed by atoms with E-state index in [0.29, 0.717) is 27.7 Å². The summed E-state index contributed by atoms with van der Waals surface area (Å²) in [5.74, 6) is 5.32. The molecule has 0 fully saturated rings. The van der Waals surface area contributed by atoms with Gasteiger partial charge in [-0.2, -0.15) is 18.4 Å². The number of quaternary nitrogens is 1. The molecule has 1 aromatic heterocycles. The number of anilines is 2. The summed E-state index contributed by atoms with van der Waals surface area (Å²) in [5, 5.41) is 16.0. The zero-order valence-corrected chi connectivity index (χ0v) is 22.4. The highest BCUT2D eigenvalue weighted by Crippen LogP contribution is 2.43. The molecule has 4 rings (SSSR count). The lowest BCUT2D eigenvalue weighted by molar-refractivity contribution is -0.862. The Morgan fingerprint density at radius 2 is 1.93 bits per heavy atom. The van der Waals surface area contributed by atoms with Crippen LogP contribution in [0.2, 0.25) is 0 Å². The Kier molecular flexibility index (Phi) is 7.33. The molecule has 2 aromatic carbocycles. The average molecular weight is 552 g/mol. The van der Waals surface area contributed by atoms with Gasteiger partial charge in [0.25, 0.3) is 0 Å². The quantitative estimate of drug-likeness (QED) is 0.301. The molecule has 0 aliphatic carbocycles. The SMILES string of the molecule is COC(=O)C1=C(C)N(c2cccc(C(F)(F)F)c2)c2n[nH]c(=O)n2[C@@H]1c1ccc(C#N)cc1C#CC[N+](C)(C)C. The van der Waals surface area contributed by atoms with Crippen molar-refractivity contribution < 1.29 is 27.2 Å². The molecule has 0 radical (unpaired) electrons. The minimum atomic E-state index is -4.62. The number of nitrogens with one attached hydrogen (secondary N) is 1. The van der Waals surface area contributed by atoms with Gasteiger partial charge in [0, 0.05) is 16.9 Å². The molecule has 0 spiro atoms. The molecule has 12 heteroatoms. The van der Waals surface area contributed by atoms with Crippen LogP contribution >= 0.6 is 0 Å². The zero-order chi connectivity index (χ0) is 29.4. The van der Waals surface area contributed by atoms with Gasteiger partial charge in [0.15, 0.2) is 0 Å². The lowest BCUT2D eigenvalue weighted by atomic mass is 9.90. The van der Waals surface area contributed by atoms with Gasteiger partial charge in [0.2, 0.25) is 5.95 Å². The van der Waals surface area contributed by atoms with Gasteiger partial charge in [-0.15, -0.1) is 5.10 Å². The molecule has 1 aliphatic rings. The molecule has 0 bridgehead atoms. The van der Waals surface area contributed by atoms with Crippen LogP contribution in [-0.4, -0.2) is 60.0 Å². The standard InChI is InChI=1S/C28H25F3N6O3/c1-17-23(25(38)40-5)24(22-12-11-18(16-32)14-19(22)8-7-13-37(2,3)4)36-26(33-34-27(36)39)35(17)21-10-6-9-20(15-21)28(29,30)31/h6,9-12,14-15,24H,13H2,1-5H3/p+1/t24-/m1/s1. The van der Waals surface area contributed by atoms with Crippen LogP contribution in [0.15, 0.2) is 58.5 Å². The molecule has 1 atom stereocenters. The minimum absolute atomic E-state index is 0.00438. The summed E-state index contributed by atoms with van der Waals surface area (Å²) in [6.45, 7) is 2.01. The molecule has 1 N–H and O–H groups in total. The van der Waals surface area contributed by atoms with Gasteiger partial charge in [0.1, 0.15) is 12.6 Å². The van der Waals surface area contributed by atoms with Crippen molar-refractivity contribution in [2.75, 3.05) is 39.7 Å². The van der Waals surface area contributed by atoms with Crippen LogP contribution in [0.1, 0.15) is 35.2 Å². The van der Waals surface area contributed by atoms with E-state index in [1.54, 1.807) is 12.1 Å². The van der Waals surface area contributed by atoms with Crippen molar-refractivity contribution in [3.8, 4) is 17.9 Å². The number of alkyl halides is 3. The van der Waals surface area contributed by atoms with E-state index in [1.165, 1.54) is 41.7 Å². The fourth-order valence-corrected chi connectivity index (χ4v) is 4.42. The van der Waals surface area contributed by atoms with Crippen molar-refractivity contribution in [3.63, 3.8) is 0 Å². The van der Waals surface area contributed by atoms with Crippen molar-refractivity contribution >= 4 is 17.6 Å². The number of carbonyl (C=O) groups is 1. The van der Waals surface area contributed by atoms with E-state index >= 15 is 0 Å². The molecular formula is C28H26F3N6O3+. The number of halogens is 3. The fraction of sp³-hybridized carbons (Fsp3) is 0.286. The smallest absolute Gasteiger partial charge is 0.416 e. The first-order valence-corrected chi connectivity index (χ1v) is 12.0. The van der Waals surface area contributed by atoms with E-state index in [9.17, 15) is 28.0 Å². The van der Waals surface area contributed by atoms with Crippen LogP contribution in [-0.2, 0) is 15.7 Å². The van der Waals surface area contributed by atoms with Crippen LogP contribution in [0.3, 0.4) is 0 Å². The first-order valence-electron chi connectivity index (χ1n) is 12.0. The number of carbonyl (C=O) groups excluding carboxylic acids is 1. The molecule has 9 nitrogen and oxygen atoms in total. The largest absolute Gasteiger partial charge is 0.466 e. The van der Waals surface area contributed by atoms with Gasteiger partial charge in [-0.25, -0.2) is 19.3 Å². The average Bonchev–Trinajstić information content (AvgIpc) is 3.27. The number of allylic oxidation sites excluding steroid dienone is 1. The lowest BCUT2D eigenvalue weighted by Crippen LogP contribution is -2.38. The monoisotopic (exact) mass is 551 g/mol. The Bertz CT molecular complexity index is 1680. The van der Waals surface area contributed by atoms with Gasteiger partial charge >= 0.3 is 17.8 Å². The lowest BCUT2D eigenvalue weighted by Gasteiger charge is -2.35. The highest BCUT2D eigenvalue weighted by atomic mass is 19.4. The van der Waals surface area contributed by atoms with E-state index < -0.39 is 29.4 Å². The van der Waals surface area contributed by atoms with Crippen molar-refractivity contribution in [2.45, 2.75) is 19.1 Å². The molecule has 2 heterocycles. The Hall–Kier alpha value is -4.81. The van der Waals surface area contributed by atoms with Crippen molar-refractivity contribution in [3.05, 3.63) is 86.5 Å². The van der Waals surface area contributed by atoms with Crippen molar-refractivity contribution in [1.29, 1.82) is 5.26 Å². The van der Waals surface area contributed by atoms with E-state index in [1.807, 2.05) is 21.1 Å². The normalized spacial score (nSPS) is 15.2. The molecule has 0 amide bonds. The van der Waals surface area contributed by atoms with Crippen molar-refractivity contribution in [1.82, 2.24) is 14.8 Å². The number of hydrogen-bond acceptors (Lipinski definition) is 6. The predicted molar refractivity (Wildman–Crippen MR) is 140 cm³/mol. The van der Waals surface area contributed by atoms with Gasteiger partial charge in [0.05, 0.1) is 51.0 Å². The summed E-state index contributed by atoms with van der Waals surface area (Å²) in [4.78, 5) is 27.7. The van der Waals surface area contributed by atoms with Gasteiger partial charge < -0.3 is 9.22 Å². The third kappa shape index (κ3) is 5.35. The van der Waals surface area contributed by atoms with Crippen LogP contribution in [0.4, 0.5) is 24.8 Å². The highest BCUT2D eigenvalue weighted by molar-refractivity contribution is 5.93. The number of esters is 1. The second-order valence-corrected chi connectivity index (χ2v) is 10.1. The third-order valence-electron chi connectivity index (χ3n) is 6.23. The third-order valence-corrected chi connectivity index (χ3v) is 6.23. The number of ether oxygens (including phenoxy) is 1. The molecule has 206 valence electrons. The maximum absolute atomic E-state index is 13.5. The number of H-pyrrole nitrogens is 1. The van der Waals surface area contributed by atoms with Crippen LogP contribution in [0.5, 0.6) is 0 Å². The summed E-state index contributed by atoms with van der Waals surface area (Å²) >= 11 is 0. The molecular weight excluding hydrogens is 525 g/mol. The number of nitriles is 1. The summed E-state index contributed by atoms with van der Waals surface area (Å²) in [6.07, 6.45) is -4.62. The van der Waals surface area contributed by atoms with Crippen LogP contribution < -0.4 is 10.6 Å². The number of rotatable bonds is 4. The minimum Gasteiger partial charge on any atom is -0.466 e. The van der Waals surface area contributed by atoms with Crippen LogP contribution in [0.25, 0.3) is 0 Å². The molecule has 3 aromatic rings. The molecule has 0 saturated heterocycles. The predicted octanol–water partition coefficient (Wildman–Crippen LogP) is 3.71. The first-order chi connectivity index (χ1) is 18.8. The van der Waals surface area contributed by atoms with Gasteiger partial charge in [-0.3, -0.25) is 4.90 Å². The Labute approximate surface area is 228 Å². The van der Waals surface area contributed by atoms with Crippen LogP contribution in [0, 0.1) is 23.2 Å². The van der Waals surface area contributed by atoms with E-state index in [2.05, 4.69) is 28.1 Å². The van der Waals surface area contributed by atoms with E-state index in [-0.39, 0.29) is 22.9 Å². The molecule has 1 aliphatic heterocycles. The first kappa shape index (κ1) is 28.2. The maximum atomic E-state index is 13.5. The Morgan fingerprint density at radius 1 is 1.20 bits per heavy atom. The Morgan fingerprint density at radius 3 is 2.55 bits per heavy atom. The highest BCUT2D eigenvalue weighted by Gasteiger charge is 2.41. The number of hydrogen-bond donors (Lipinski definition) is 1. The number of aromatic amines is 1. The van der Waals surface area contributed by atoms with Crippen molar-refractivity contribution in [2.24, 2.45) is 0 Å². The Balaban J connectivity index is 2.01. The van der Waals surface area contributed by atoms with Gasteiger partial charge in [-0.05, 0) is 48.7 Å². The molecule has 0 saturated carbocycles. The van der Waals surface area contributed by atoms with E-state index in [4.69, 9.17) is 4.74 Å². The molecule has 40 heavy (non-hydrogen) atoms. The number of aromatic nitrogens is 3. The number of fused-ring (bicyclic) bond motifs is 1. The summed E-state index contributed by atoms with van der Waals surface area (Å²) in [6, 6.07) is 10.1. The molecule has 0 unspecified atom stereocenters. The summed E-state index contributed by atoms with van der Waals surface area (Å²) in [5.41, 5.74) is -0.242. The van der Waals surface area contributed by atoms with E-state index in [0.717, 1.165) is 12.1 Å². The summed E-state index contributed by atoms with van der Waals surface area (Å²) in [7, 11) is 7.05.